The maximum Gasteiger partial charge on any atom is 0.246 e. The Bertz CT molecular complexity index is 185. The minimum atomic E-state index is 0.00190. The first-order valence-electron chi connectivity index (χ1n) is 5.19. The maximum atomic E-state index is 11.3. The van der Waals surface area contributed by atoms with Crippen molar-refractivity contribution in [2.45, 2.75) is 25.3 Å². The minimum absolute atomic E-state index is 0.00190. The molecule has 1 aliphatic rings. The predicted octanol–water partition coefficient (Wildman–Crippen LogP) is 0.233. The van der Waals surface area contributed by atoms with Crippen LogP contribution in [-0.2, 0) is 9.53 Å². The number of hydrogen-bond donors (Lipinski definition) is 1. The van der Waals surface area contributed by atoms with Crippen LogP contribution in [0.15, 0.2) is 0 Å². The van der Waals surface area contributed by atoms with Gasteiger partial charge in [-0.15, -0.1) is 0 Å². The highest BCUT2D eigenvalue weighted by Crippen LogP contribution is 2.09. The highest BCUT2D eigenvalue weighted by atomic mass is 16.5. The number of rotatable bonds is 3. The average Bonchev–Trinajstić information content (AvgIpc) is 2.32. The molecule has 1 unspecified atom stereocenters. The van der Waals surface area contributed by atoms with Crippen LogP contribution in [0.25, 0.3) is 0 Å². The van der Waals surface area contributed by atoms with Crippen molar-refractivity contribution in [1.29, 1.82) is 0 Å². The summed E-state index contributed by atoms with van der Waals surface area (Å²) < 4.78 is 4.78. The first-order valence-corrected chi connectivity index (χ1v) is 5.19. The average molecular weight is 200 g/mol. The first-order chi connectivity index (χ1) is 6.72. The number of methoxy groups -OCH3 is 1. The number of amides is 1. The molecule has 4 nitrogen and oxygen atoms in total. The van der Waals surface area contributed by atoms with Crippen molar-refractivity contribution in [2.24, 2.45) is 0 Å². The van der Waals surface area contributed by atoms with Crippen molar-refractivity contribution in [1.82, 2.24) is 10.2 Å². The van der Waals surface area contributed by atoms with Gasteiger partial charge in [0, 0.05) is 13.2 Å². The van der Waals surface area contributed by atoms with E-state index >= 15 is 0 Å². The molecule has 1 amide bonds. The lowest BCUT2D eigenvalue weighted by molar-refractivity contribution is -0.125. The second-order valence-electron chi connectivity index (χ2n) is 3.93. The highest BCUT2D eigenvalue weighted by Gasteiger charge is 2.16. The van der Waals surface area contributed by atoms with Crippen LogP contribution in [0.4, 0.5) is 0 Å². The van der Waals surface area contributed by atoms with E-state index in [0.29, 0.717) is 6.04 Å². The molecule has 82 valence electrons. The van der Waals surface area contributed by atoms with Crippen LogP contribution >= 0.6 is 0 Å². The third kappa shape index (κ3) is 4.07. The molecule has 0 spiro atoms. The Hall–Kier alpha value is -0.610. The number of nitrogens with one attached hydrogen (secondary N) is 1. The van der Waals surface area contributed by atoms with Gasteiger partial charge < -0.3 is 15.0 Å². The molecule has 1 fully saturated rings. The van der Waals surface area contributed by atoms with E-state index in [4.69, 9.17) is 4.74 Å². The van der Waals surface area contributed by atoms with E-state index in [1.54, 1.807) is 7.11 Å². The van der Waals surface area contributed by atoms with Crippen LogP contribution in [0.2, 0.25) is 0 Å². The molecular formula is C10H20N2O2. The van der Waals surface area contributed by atoms with Crippen molar-refractivity contribution in [3.63, 3.8) is 0 Å². The number of likely N-dealkylation sites (tertiary alicyclic amines) is 1. The van der Waals surface area contributed by atoms with Gasteiger partial charge in [-0.1, -0.05) is 0 Å². The van der Waals surface area contributed by atoms with Crippen molar-refractivity contribution in [3.05, 3.63) is 0 Å². The Kier molecular flexibility index (Phi) is 4.90. The fraction of sp³-hybridized carbons (Fsp3) is 0.900. The molecule has 1 saturated heterocycles. The van der Waals surface area contributed by atoms with Crippen molar-refractivity contribution >= 4 is 5.91 Å². The number of carbonyl (C=O) groups is 1. The Morgan fingerprint density at radius 3 is 3.00 bits per heavy atom. The third-order valence-corrected chi connectivity index (χ3v) is 2.59. The maximum absolute atomic E-state index is 11.3. The lowest BCUT2D eigenvalue weighted by Gasteiger charge is -2.16. The molecule has 1 rings (SSSR count). The van der Waals surface area contributed by atoms with Crippen LogP contribution in [0.5, 0.6) is 0 Å². The SMILES string of the molecule is COCC(=O)NC1CCCN(C)CC1. The largest absolute Gasteiger partial charge is 0.375 e. The number of carbonyl (C=O) groups excluding carboxylic acids is 1. The van der Waals surface area contributed by atoms with E-state index in [-0.39, 0.29) is 12.5 Å². The summed E-state index contributed by atoms with van der Waals surface area (Å²) in [7, 11) is 3.67. The molecule has 14 heavy (non-hydrogen) atoms. The van der Waals surface area contributed by atoms with E-state index in [9.17, 15) is 4.79 Å². The molecule has 0 saturated carbocycles. The molecule has 1 N–H and O–H groups in total. The van der Waals surface area contributed by atoms with Gasteiger partial charge in [-0.3, -0.25) is 4.79 Å². The Morgan fingerprint density at radius 1 is 1.50 bits per heavy atom. The summed E-state index contributed by atoms with van der Waals surface area (Å²) in [5.74, 6) is 0.00190. The van der Waals surface area contributed by atoms with Crippen molar-refractivity contribution in [2.75, 3.05) is 33.9 Å². The molecule has 0 bridgehead atoms. The molecule has 0 aromatic carbocycles. The van der Waals surface area contributed by atoms with E-state index in [1.165, 1.54) is 0 Å². The van der Waals surface area contributed by atoms with Crippen LogP contribution in [0.3, 0.4) is 0 Å². The Morgan fingerprint density at radius 2 is 2.29 bits per heavy atom. The van der Waals surface area contributed by atoms with E-state index in [1.807, 2.05) is 0 Å². The molecule has 1 heterocycles. The summed E-state index contributed by atoms with van der Waals surface area (Å²) in [5.41, 5.74) is 0. The standard InChI is InChI=1S/C10H20N2O2/c1-12-6-3-4-9(5-7-12)11-10(13)8-14-2/h9H,3-8H2,1-2H3,(H,11,13). The monoisotopic (exact) mass is 200 g/mol. The smallest absolute Gasteiger partial charge is 0.246 e. The van der Waals surface area contributed by atoms with E-state index < -0.39 is 0 Å². The number of hydrogen-bond acceptors (Lipinski definition) is 3. The van der Waals surface area contributed by atoms with Gasteiger partial charge in [0.15, 0.2) is 0 Å². The molecule has 1 aliphatic heterocycles. The summed E-state index contributed by atoms with van der Waals surface area (Å²) in [6.07, 6.45) is 3.29. The normalized spacial score (nSPS) is 24.3. The van der Waals surface area contributed by atoms with Crippen LogP contribution in [-0.4, -0.2) is 50.7 Å². The summed E-state index contributed by atoms with van der Waals surface area (Å²) in [5, 5.41) is 2.99. The summed E-state index contributed by atoms with van der Waals surface area (Å²) in [4.78, 5) is 13.6. The molecule has 0 aliphatic carbocycles. The summed E-state index contributed by atoms with van der Waals surface area (Å²) >= 11 is 0. The van der Waals surface area contributed by atoms with Gasteiger partial charge in [-0.2, -0.15) is 0 Å². The number of nitrogens with zero attached hydrogens (tertiary/aromatic N) is 1. The summed E-state index contributed by atoms with van der Waals surface area (Å²) in [6, 6.07) is 0.336. The molecule has 0 aromatic rings. The highest BCUT2D eigenvalue weighted by molar-refractivity contribution is 5.77. The van der Waals surface area contributed by atoms with Gasteiger partial charge in [0.2, 0.25) is 5.91 Å². The Labute approximate surface area is 85.6 Å². The summed E-state index contributed by atoms with van der Waals surface area (Å²) in [6.45, 7) is 2.38. The molecular weight excluding hydrogens is 180 g/mol. The molecule has 1 atom stereocenters. The van der Waals surface area contributed by atoms with Gasteiger partial charge in [0.05, 0.1) is 0 Å². The van der Waals surface area contributed by atoms with Crippen LogP contribution in [0.1, 0.15) is 19.3 Å². The van der Waals surface area contributed by atoms with E-state index in [0.717, 1.165) is 32.4 Å². The first kappa shape index (κ1) is 11.5. The zero-order valence-corrected chi connectivity index (χ0v) is 9.08. The topological polar surface area (TPSA) is 41.6 Å². The zero-order chi connectivity index (χ0) is 10.4. The van der Waals surface area contributed by atoms with Crippen molar-refractivity contribution in [3.8, 4) is 0 Å². The molecule has 0 radical (unpaired) electrons. The van der Waals surface area contributed by atoms with E-state index in [2.05, 4.69) is 17.3 Å². The second-order valence-corrected chi connectivity index (χ2v) is 3.93. The fourth-order valence-corrected chi connectivity index (χ4v) is 1.78. The second kappa shape index (κ2) is 5.98. The van der Waals surface area contributed by atoms with Gasteiger partial charge >= 0.3 is 0 Å². The predicted molar refractivity (Wildman–Crippen MR) is 55.2 cm³/mol. The van der Waals surface area contributed by atoms with Gasteiger partial charge in [-0.05, 0) is 39.4 Å². The van der Waals surface area contributed by atoms with Gasteiger partial charge in [-0.25, -0.2) is 0 Å². The van der Waals surface area contributed by atoms with Crippen LogP contribution < -0.4 is 5.32 Å². The third-order valence-electron chi connectivity index (χ3n) is 2.59. The van der Waals surface area contributed by atoms with Gasteiger partial charge in [0.1, 0.15) is 6.61 Å². The Balaban J connectivity index is 2.26. The van der Waals surface area contributed by atoms with Gasteiger partial charge in [0.25, 0.3) is 0 Å². The fourth-order valence-electron chi connectivity index (χ4n) is 1.78. The lowest BCUT2D eigenvalue weighted by Crippen LogP contribution is -2.37. The molecule has 4 heteroatoms. The quantitative estimate of drug-likeness (QED) is 0.709. The minimum Gasteiger partial charge on any atom is -0.375 e. The zero-order valence-electron chi connectivity index (χ0n) is 9.08. The lowest BCUT2D eigenvalue weighted by atomic mass is 10.1. The van der Waals surface area contributed by atoms with Crippen LogP contribution in [0, 0.1) is 0 Å². The number of ether oxygens (including phenoxy) is 1. The van der Waals surface area contributed by atoms with Crippen molar-refractivity contribution < 1.29 is 9.53 Å². The molecule has 0 aromatic heterocycles.